The van der Waals surface area contributed by atoms with Crippen molar-refractivity contribution in [2.75, 3.05) is 0 Å². The van der Waals surface area contributed by atoms with Crippen LogP contribution in [0.25, 0.3) is 6.08 Å². The monoisotopic (exact) mass is 438 g/mol. The quantitative estimate of drug-likeness (QED) is 0.292. The van der Waals surface area contributed by atoms with Crippen molar-refractivity contribution in [1.29, 1.82) is 0 Å². The van der Waals surface area contributed by atoms with Gasteiger partial charge in [0.1, 0.15) is 0 Å². The molecule has 0 aliphatic heterocycles. The smallest absolute Gasteiger partial charge is 0.260 e. The van der Waals surface area contributed by atoms with Crippen LogP contribution in [0.3, 0.4) is 0 Å². The van der Waals surface area contributed by atoms with Gasteiger partial charge in [0.15, 0.2) is 17.4 Å². The minimum Gasteiger partial charge on any atom is -0.459 e. The van der Waals surface area contributed by atoms with Crippen molar-refractivity contribution in [3.8, 4) is 5.75 Å². The zero-order valence-electron chi connectivity index (χ0n) is 18.3. The number of alkyl halides is 2. The number of rotatable bonds is 8. The second kappa shape index (κ2) is 11.7. The molecule has 2 saturated carbocycles. The van der Waals surface area contributed by atoms with Gasteiger partial charge in [-0.2, -0.15) is 0 Å². The molecule has 0 unspecified atom stereocenters. The van der Waals surface area contributed by atoms with Gasteiger partial charge in [0.25, 0.3) is 6.43 Å². The van der Waals surface area contributed by atoms with Crippen molar-refractivity contribution < 1.29 is 22.3 Å². The first-order valence-corrected chi connectivity index (χ1v) is 11.7. The highest BCUT2D eigenvalue weighted by molar-refractivity contribution is 5.52. The second-order valence-corrected chi connectivity index (χ2v) is 9.20. The van der Waals surface area contributed by atoms with E-state index in [0.29, 0.717) is 23.8 Å². The molecule has 0 atom stereocenters. The van der Waals surface area contributed by atoms with E-state index in [4.69, 9.17) is 0 Å². The molecule has 2 aliphatic rings. The zero-order chi connectivity index (χ0) is 22.2. The molecule has 0 amide bonds. The van der Waals surface area contributed by atoms with E-state index in [9.17, 15) is 17.6 Å². The molecule has 0 radical (unpaired) electrons. The van der Waals surface area contributed by atoms with Crippen molar-refractivity contribution in [3.63, 3.8) is 0 Å². The highest BCUT2D eigenvalue weighted by atomic mass is 19.3. The van der Waals surface area contributed by atoms with Crippen LogP contribution in [0.15, 0.2) is 30.5 Å². The van der Waals surface area contributed by atoms with E-state index in [2.05, 4.69) is 17.7 Å². The summed E-state index contributed by atoms with van der Waals surface area (Å²) >= 11 is 0. The van der Waals surface area contributed by atoms with E-state index >= 15 is 0 Å². The van der Waals surface area contributed by atoms with E-state index < -0.39 is 23.8 Å². The van der Waals surface area contributed by atoms with E-state index in [1.54, 1.807) is 6.08 Å². The molecule has 0 spiro atoms. The molecule has 5 heteroatoms. The van der Waals surface area contributed by atoms with Crippen LogP contribution in [0.2, 0.25) is 0 Å². The molecule has 31 heavy (non-hydrogen) atoms. The topological polar surface area (TPSA) is 9.23 Å². The van der Waals surface area contributed by atoms with Gasteiger partial charge in [-0.05, 0) is 79.9 Å². The average molecular weight is 439 g/mol. The number of hydrogen-bond acceptors (Lipinski definition) is 1. The van der Waals surface area contributed by atoms with E-state index in [1.807, 2.05) is 0 Å². The first-order chi connectivity index (χ1) is 15.0. The zero-order valence-corrected chi connectivity index (χ0v) is 18.3. The Kier molecular flexibility index (Phi) is 9.03. The summed E-state index contributed by atoms with van der Waals surface area (Å²) in [6, 6.07) is 2.34. The maximum atomic E-state index is 14.1. The molecule has 0 bridgehead atoms. The minimum absolute atomic E-state index is 0.413. The Morgan fingerprint density at radius 1 is 0.935 bits per heavy atom. The lowest BCUT2D eigenvalue weighted by molar-refractivity contribution is 0.152. The van der Waals surface area contributed by atoms with Crippen LogP contribution in [0.1, 0.15) is 76.7 Å². The summed E-state index contributed by atoms with van der Waals surface area (Å²) in [4.78, 5) is 0. The highest BCUT2D eigenvalue weighted by Crippen LogP contribution is 2.42. The lowest BCUT2D eigenvalue weighted by Crippen LogP contribution is -2.25. The summed E-state index contributed by atoms with van der Waals surface area (Å²) in [7, 11) is 0. The summed E-state index contributed by atoms with van der Waals surface area (Å²) in [6.45, 7) is 2.28. The fraction of sp³-hybridized carbons (Fsp3) is 0.615. The molecule has 0 N–H and O–H groups in total. The van der Waals surface area contributed by atoms with Gasteiger partial charge in [-0.15, -0.1) is 0 Å². The Hall–Kier alpha value is -1.78. The van der Waals surface area contributed by atoms with E-state index in [0.717, 1.165) is 30.6 Å². The third kappa shape index (κ3) is 7.11. The van der Waals surface area contributed by atoms with Crippen molar-refractivity contribution in [1.82, 2.24) is 0 Å². The molecule has 0 heterocycles. The average Bonchev–Trinajstić information content (AvgIpc) is 2.75. The predicted molar refractivity (Wildman–Crippen MR) is 117 cm³/mol. The van der Waals surface area contributed by atoms with Gasteiger partial charge in [0, 0.05) is 6.08 Å². The van der Waals surface area contributed by atoms with Crippen LogP contribution >= 0.6 is 0 Å². The van der Waals surface area contributed by atoms with Gasteiger partial charge in [-0.3, -0.25) is 0 Å². The summed E-state index contributed by atoms with van der Waals surface area (Å²) < 4.78 is 57.1. The Bertz CT molecular complexity index is 719. The number of benzene rings is 1. The van der Waals surface area contributed by atoms with Crippen LogP contribution in [0.4, 0.5) is 17.6 Å². The first-order valence-electron chi connectivity index (χ1n) is 11.7. The van der Waals surface area contributed by atoms with Crippen LogP contribution in [-0.2, 0) is 0 Å². The van der Waals surface area contributed by atoms with Crippen LogP contribution in [0.5, 0.6) is 5.75 Å². The summed E-state index contributed by atoms with van der Waals surface area (Å²) in [5, 5.41) is 0. The predicted octanol–water partition coefficient (Wildman–Crippen LogP) is 8.55. The standard InChI is InChI=1S/C26H34F4O/c1-2-3-18-6-10-21(11-7-18)22-12-8-19(9-13-22)4-5-20-16-23(27)26(24(28)17-20)31-15-14-25(29)30/h4-5,14-19,21-22,25H,2-3,6-13H2,1H3. The molecular formula is C26H34F4O. The van der Waals surface area contributed by atoms with Crippen molar-refractivity contribution in [3.05, 3.63) is 47.7 Å². The molecule has 1 nitrogen and oxygen atoms in total. The lowest BCUT2D eigenvalue weighted by atomic mass is 9.68. The normalized spacial score (nSPS) is 27.4. The number of ether oxygens (including phenoxy) is 1. The fourth-order valence-corrected chi connectivity index (χ4v) is 5.37. The van der Waals surface area contributed by atoms with Crippen molar-refractivity contribution in [2.24, 2.45) is 23.7 Å². The largest absolute Gasteiger partial charge is 0.459 e. The Morgan fingerprint density at radius 3 is 2.06 bits per heavy atom. The number of hydrogen-bond donors (Lipinski definition) is 0. The maximum absolute atomic E-state index is 14.1. The Morgan fingerprint density at radius 2 is 1.52 bits per heavy atom. The van der Waals surface area contributed by atoms with Crippen LogP contribution < -0.4 is 4.74 Å². The summed E-state index contributed by atoms with van der Waals surface area (Å²) in [6.07, 6.45) is 15.1. The highest BCUT2D eigenvalue weighted by Gasteiger charge is 2.30. The maximum Gasteiger partial charge on any atom is 0.260 e. The number of allylic oxidation sites excluding steroid dienone is 2. The lowest BCUT2D eigenvalue weighted by Gasteiger charge is -2.37. The Balaban J connectivity index is 1.48. The molecule has 2 fully saturated rings. The molecule has 3 rings (SSSR count). The molecule has 172 valence electrons. The van der Waals surface area contributed by atoms with Gasteiger partial charge in [-0.25, -0.2) is 17.6 Å². The molecule has 1 aromatic rings. The molecule has 0 saturated heterocycles. The van der Waals surface area contributed by atoms with Gasteiger partial charge in [-0.1, -0.05) is 44.8 Å². The van der Waals surface area contributed by atoms with Gasteiger partial charge < -0.3 is 4.74 Å². The Labute approximate surface area is 183 Å². The molecular weight excluding hydrogens is 404 g/mol. The first kappa shape index (κ1) is 23.9. The van der Waals surface area contributed by atoms with E-state index in [1.165, 1.54) is 63.5 Å². The third-order valence-electron chi connectivity index (χ3n) is 7.06. The van der Waals surface area contributed by atoms with Crippen molar-refractivity contribution in [2.45, 2.75) is 77.6 Å². The summed E-state index contributed by atoms with van der Waals surface area (Å²) in [5.74, 6) is 0.625. The SMILES string of the molecule is CCCC1CCC(C2CCC(C=Cc3cc(F)c(OC=CC(F)F)c(F)c3)CC2)CC1. The van der Waals surface area contributed by atoms with Crippen molar-refractivity contribution >= 4 is 6.08 Å². The molecule has 2 aliphatic carbocycles. The second-order valence-electron chi connectivity index (χ2n) is 9.20. The van der Waals surface area contributed by atoms with Gasteiger partial charge >= 0.3 is 0 Å². The number of halogens is 4. The minimum atomic E-state index is -2.74. The van der Waals surface area contributed by atoms with Crippen LogP contribution in [-0.4, -0.2) is 6.43 Å². The van der Waals surface area contributed by atoms with Gasteiger partial charge in [0.05, 0.1) is 6.26 Å². The molecule has 1 aromatic carbocycles. The van der Waals surface area contributed by atoms with E-state index in [-0.39, 0.29) is 0 Å². The summed E-state index contributed by atoms with van der Waals surface area (Å²) in [5.41, 5.74) is 0.413. The molecule has 0 aromatic heterocycles. The third-order valence-corrected chi connectivity index (χ3v) is 7.06. The fourth-order valence-electron chi connectivity index (χ4n) is 5.37. The van der Waals surface area contributed by atoms with Crippen LogP contribution in [0, 0.1) is 35.3 Å². The van der Waals surface area contributed by atoms with Gasteiger partial charge in [0.2, 0.25) is 0 Å².